The zero-order valence-corrected chi connectivity index (χ0v) is 14.0. The third kappa shape index (κ3) is 3.58. The van der Waals surface area contributed by atoms with Crippen LogP contribution >= 0.6 is 0 Å². The van der Waals surface area contributed by atoms with Crippen molar-refractivity contribution in [3.63, 3.8) is 0 Å². The van der Waals surface area contributed by atoms with Gasteiger partial charge >= 0.3 is 0 Å². The number of amides is 1. The summed E-state index contributed by atoms with van der Waals surface area (Å²) in [6, 6.07) is 8.92. The SMILES string of the molecule is O=C(N/N=C\c1cc([N+](=O)[O-])c2cccnc2c1O)c1ccc([N+](=O)[O-])cc1. The minimum absolute atomic E-state index is 0.0121. The van der Waals surface area contributed by atoms with E-state index in [1.807, 2.05) is 0 Å². The van der Waals surface area contributed by atoms with Crippen molar-refractivity contribution >= 4 is 34.4 Å². The van der Waals surface area contributed by atoms with Crippen LogP contribution in [0, 0.1) is 20.2 Å². The van der Waals surface area contributed by atoms with Crippen LogP contribution < -0.4 is 5.43 Å². The zero-order chi connectivity index (χ0) is 20.3. The molecule has 0 saturated carbocycles. The van der Waals surface area contributed by atoms with Gasteiger partial charge < -0.3 is 5.11 Å². The number of nitro groups is 2. The van der Waals surface area contributed by atoms with Gasteiger partial charge in [0.1, 0.15) is 5.52 Å². The van der Waals surface area contributed by atoms with Gasteiger partial charge in [0, 0.05) is 35.5 Å². The molecule has 0 spiro atoms. The van der Waals surface area contributed by atoms with E-state index in [1.165, 1.54) is 42.6 Å². The molecule has 0 saturated heterocycles. The number of pyridine rings is 1. The topological polar surface area (TPSA) is 161 Å². The van der Waals surface area contributed by atoms with E-state index >= 15 is 0 Å². The van der Waals surface area contributed by atoms with E-state index in [0.717, 1.165) is 12.3 Å². The number of rotatable bonds is 5. The maximum atomic E-state index is 12.0. The molecule has 28 heavy (non-hydrogen) atoms. The number of aromatic hydroxyl groups is 1. The molecule has 0 aliphatic heterocycles. The average molecular weight is 381 g/mol. The lowest BCUT2D eigenvalue weighted by Crippen LogP contribution is -2.17. The number of fused-ring (bicyclic) bond motifs is 1. The molecular weight excluding hydrogens is 370 g/mol. The van der Waals surface area contributed by atoms with E-state index < -0.39 is 15.8 Å². The van der Waals surface area contributed by atoms with Crippen LogP contribution in [0.2, 0.25) is 0 Å². The first kappa shape index (κ1) is 18.4. The molecule has 1 amide bonds. The van der Waals surface area contributed by atoms with Crippen LogP contribution in [0.15, 0.2) is 53.8 Å². The van der Waals surface area contributed by atoms with E-state index in [4.69, 9.17) is 0 Å². The van der Waals surface area contributed by atoms with Gasteiger partial charge in [-0.15, -0.1) is 0 Å². The first-order valence-corrected chi connectivity index (χ1v) is 7.71. The van der Waals surface area contributed by atoms with Crippen molar-refractivity contribution in [2.24, 2.45) is 5.10 Å². The standard InChI is InChI=1S/C17H11N5O6/c23-16-11(8-14(22(27)28)13-2-1-7-18-15(13)16)9-19-20-17(24)10-3-5-12(6-4-10)21(25)26/h1-9,23H,(H,20,24)/b19-9-. The van der Waals surface area contributed by atoms with Crippen molar-refractivity contribution in [3.8, 4) is 5.75 Å². The summed E-state index contributed by atoms with van der Waals surface area (Å²) in [5.74, 6) is -0.978. The number of nitrogens with one attached hydrogen (secondary N) is 1. The van der Waals surface area contributed by atoms with Gasteiger partial charge in [0.25, 0.3) is 17.3 Å². The highest BCUT2D eigenvalue weighted by Gasteiger charge is 2.18. The first-order chi connectivity index (χ1) is 13.4. The lowest BCUT2D eigenvalue weighted by atomic mass is 10.1. The number of phenolic OH excluding ortho intramolecular Hbond substituents is 1. The summed E-state index contributed by atoms with van der Waals surface area (Å²) in [6.45, 7) is 0. The second kappa shape index (κ2) is 7.45. The highest BCUT2D eigenvalue weighted by molar-refractivity contribution is 6.00. The molecule has 0 aliphatic rings. The van der Waals surface area contributed by atoms with E-state index in [0.29, 0.717) is 0 Å². The molecule has 2 aromatic carbocycles. The Morgan fingerprint density at radius 1 is 1.14 bits per heavy atom. The first-order valence-electron chi connectivity index (χ1n) is 7.71. The largest absolute Gasteiger partial charge is 0.505 e. The predicted octanol–water partition coefficient (Wildman–Crippen LogP) is 2.52. The molecule has 0 unspecified atom stereocenters. The fourth-order valence-corrected chi connectivity index (χ4v) is 2.44. The maximum absolute atomic E-state index is 12.0. The Labute approximate surface area is 156 Å². The van der Waals surface area contributed by atoms with Crippen molar-refractivity contribution < 1.29 is 19.7 Å². The highest BCUT2D eigenvalue weighted by Crippen LogP contribution is 2.33. The summed E-state index contributed by atoms with van der Waals surface area (Å²) in [5.41, 5.74) is 1.88. The summed E-state index contributed by atoms with van der Waals surface area (Å²) in [4.78, 5) is 36.6. The lowest BCUT2D eigenvalue weighted by Gasteiger charge is -2.05. The number of hydrazone groups is 1. The number of aromatic nitrogens is 1. The van der Waals surface area contributed by atoms with Gasteiger partial charge in [0.2, 0.25) is 0 Å². The predicted molar refractivity (Wildman–Crippen MR) is 98.2 cm³/mol. The molecule has 0 radical (unpaired) electrons. The summed E-state index contributed by atoms with van der Waals surface area (Å²) >= 11 is 0. The molecule has 140 valence electrons. The lowest BCUT2D eigenvalue weighted by molar-refractivity contribution is -0.384. The van der Waals surface area contributed by atoms with Crippen molar-refractivity contribution in [1.29, 1.82) is 0 Å². The van der Waals surface area contributed by atoms with E-state index in [9.17, 15) is 30.1 Å². The molecule has 1 aromatic heterocycles. The van der Waals surface area contributed by atoms with Crippen molar-refractivity contribution in [3.05, 3.63) is 80.0 Å². The molecule has 0 atom stereocenters. The molecule has 11 nitrogen and oxygen atoms in total. The molecule has 1 heterocycles. The van der Waals surface area contributed by atoms with Crippen molar-refractivity contribution in [2.75, 3.05) is 0 Å². The summed E-state index contributed by atoms with van der Waals surface area (Å²) in [6.07, 6.45) is 2.42. The van der Waals surface area contributed by atoms with Gasteiger partial charge in [-0.3, -0.25) is 30.0 Å². The van der Waals surface area contributed by atoms with Gasteiger partial charge in [-0.1, -0.05) is 0 Å². The number of benzene rings is 2. The second-order valence-electron chi connectivity index (χ2n) is 5.49. The number of phenols is 1. The molecule has 3 aromatic rings. The molecule has 0 fully saturated rings. The number of hydrogen-bond acceptors (Lipinski definition) is 8. The Kier molecular flexibility index (Phi) is 4.89. The third-order valence-corrected chi connectivity index (χ3v) is 3.78. The molecule has 2 N–H and O–H groups in total. The number of carbonyl (C=O) groups is 1. The van der Waals surface area contributed by atoms with Crippen LogP contribution in [0.4, 0.5) is 11.4 Å². The maximum Gasteiger partial charge on any atom is 0.279 e. The third-order valence-electron chi connectivity index (χ3n) is 3.78. The molecule has 11 heteroatoms. The number of nitrogens with zero attached hydrogens (tertiary/aromatic N) is 4. The van der Waals surface area contributed by atoms with E-state index in [1.54, 1.807) is 0 Å². The second-order valence-corrected chi connectivity index (χ2v) is 5.49. The smallest absolute Gasteiger partial charge is 0.279 e. The number of nitro benzene ring substituents is 2. The number of hydrogen-bond donors (Lipinski definition) is 2. The van der Waals surface area contributed by atoms with Crippen molar-refractivity contribution in [2.45, 2.75) is 0 Å². The van der Waals surface area contributed by atoms with E-state index in [-0.39, 0.29) is 39.2 Å². The Morgan fingerprint density at radius 2 is 1.86 bits per heavy atom. The Hall–Kier alpha value is -4.41. The number of carbonyl (C=O) groups excluding carboxylic acids is 1. The number of non-ortho nitro benzene ring substituents is 2. The molecule has 0 aliphatic carbocycles. The minimum Gasteiger partial charge on any atom is -0.505 e. The van der Waals surface area contributed by atoms with Crippen LogP contribution in [-0.2, 0) is 0 Å². The summed E-state index contributed by atoms with van der Waals surface area (Å²) in [7, 11) is 0. The van der Waals surface area contributed by atoms with Crippen LogP contribution in [-0.4, -0.2) is 32.1 Å². The van der Waals surface area contributed by atoms with Crippen LogP contribution in [0.1, 0.15) is 15.9 Å². The van der Waals surface area contributed by atoms with Gasteiger partial charge in [-0.05, 0) is 24.3 Å². The summed E-state index contributed by atoms with van der Waals surface area (Å²) < 4.78 is 0. The van der Waals surface area contributed by atoms with Crippen LogP contribution in [0.25, 0.3) is 10.9 Å². The average Bonchev–Trinajstić information content (AvgIpc) is 2.69. The van der Waals surface area contributed by atoms with Crippen LogP contribution in [0.3, 0.4) is 0 Å². The quantitative estimate of drug-likeness (QED) is 0.390. The minimum atomic E-state index is -0.654. The monoisotopic (exact) mass is 381 g/mol. The van der Waals surface area contributed by atoms with Gasteiger partial charge in [-0.25, -0.2) is 5.43 Å². The summed E-state index contributed by atoms with van der Waals surface area (Å²) in [5, 5.41) is 36.0. The zero-order valence-electron chi connectivity index (χ0n) is 14.0. The Bertz CT molecular complexity index is 1130. The Balaban J connectivity index is 1.85. The fraction of sp³-hybridized carbons (Fsp3) is 0. The molecule has 0 bridgehead atoms. The molecular formula is C17H11N5O6. The normalized spacial score (nSPS) is 10.9. The van der Waals surface area contributed by atoms with Gasteiger partial charge in [0.15, 0.2) is 5.75 Å². The van der Waals surface area contributed by atoms with Gasteiger partial charge in [0.05, 0.1) is 21.4 Å². The van der Waals surface area contributed by atoms with Gasteiger partial charge in [-0.2, -0.15) is 5.10 Å². The Morgan fingerprint density at radius 3 is 2.50 bits per heavy atom. The highest BCUT2D eigenvalue weighted by atomic mass is 16.6. The van der Waals surface area contributed by atoms with Crippen LogP contribution in [0.5, 0.6) is 5.75 Å². The van der Waals surface area contributed by atoms with Crippen molar-refractivity contribution in [1.82, 2.24) is 10.4 Å². The van der Waals surface area contributed by atoms with E-state index in [2.05, 4.69) is 15.5 Å². The fourth-order valence-electron chi connectivity index (χ4n) is 2.44. The molecule has 3 rings (SSSR count).